The van der Waals surface area contributed by atoms with Gasteiger partial charge in [0.25, 0.3) is 0 Å². The fourth-order valence-corrected chi connectivity index (χ4v) is 1.56. The molecule has 13 heavy (non-hydrogen) atoms. The van der Waals surface area contributed by atoms with Crippen LogP contribution < -0.4 is 0 Å². The third kappa shape index (κ3) is 2.99. The van der Waals surface area contributed by atoms with E-state index in [1.54, 1.807) is 0 Å². The van der Waals surface area contributed by atoms with Gasteiger partial charge in [-0.3, -0.25) is 0 Å². The molecule has 0 nitrogen and oxygen atoms in total. The molecule has 0 aliphatic carbocycles. The van der Waals surface area contributed by atoms with Crippen LogP contribution in [0.15, 0.2) is 24.3 Å². The van der Waals surface area contributed by atoms with Crippen LogP contribution in [-0.4, -0.2) is 0 Å². The molecule has 0 saturated heterocycles. The van der Waals surface area contributed by atoms with Crippen LogP contribution in [0.2, 0.25) is 0 Å². The predicted molar refractivity (Wildman–Crippen MR) is 62.7 cm³/mol. The van der Waals surface area contributed by atoms with E-state index in [1.165, 1.54) is 5.56 Å². The van der Waals surface area contributed by atoms with E-state index in [-0.39, 0.29) is 9.70 Å². The van der Waals surface area contributed by atoms with E-state index < -0.39 is 0 Å². The summed E-state index contributed by atoms with van der Waals surface area (Å²) >= 11 is 9.29. The summed E-state index contributed by atoms with van der Waals surface area (Å²) in [5, 5.41) is 0. The van der Waals surface area contributed by atoms with Gasteiger partial charge in [0.1, 0.15) is 4.29 Å². The van der Waals surface area contributed by atoms with E-state index in [2.05, 4.69) is 48.8 Å². The molecule has 0 heterocycles. The van der Waals surface area contributed by atoms with E-state index in [0.29, 0.717) is 0 Å². The first-order valence-electron chi connectivity index (χ1n) is 4.30. The molecule has 72 valence electrons. The van der Waals surface area contributed by atoms with E-state index in [1.807, 2.05) is 12.1 Å². The van der Waals surface area contributed by atoms with Crippen molar-refractivity contribution in [2.24, 2.45) is 0 Å². The summed E-state index contributed by atoms with van der Waals surface area (Å²) < 4.78 is -0.0881. The van der Waals surface area contributed by atoms with E-state index in [4.69, 9.17) is 11.6 Å². The molecule has 1 unspecified atom stereocenters. The molecule has 0 aliphatic rings. The highest BCUT2D eigenvalue weighted by atomic mass is 79.9. The Morgan fingerprint density at radius 2 is 1.92 bits per heavy atom. The zero-order valence-electron chi connectivity index (χ0n) is 8.14. The summed E-state index contributed by atoms with van der Waals surface area (Å²) in [6.45, 7) is 6.59. The van der Waals surface area contributed by atoms with Gasteiger partial charge in [0.05, 0.1) is 0 Å². The van der Waals surface area contributed by atoms with Gasteiger partial charge in [-0.15, -0.1) is 11.6 Å². The van der Waals surface area contributed by atoms with Gasteiger partial charge >= 0.3 is 0 Å². The van der Waals surface area contributed by atoms with Gasteiger partial charge in [-0.25, -0.2) is 0 Å². The zero-order chi connectivity index (χ0) is 10.1. The third-order valence-corrected chi connectivity index (χ3v) is 2.79. The van der Waals surface area contributed by atoms with Gasteiger partial charge in [-0.2, -0.15) is 0 Å². The van der Waals surface area contributed by atoms with Crippen molar-refractivity contribution >= 4 is 27.5 Å². The minimum absolute atomic E-state index is 0.0881. The fraction of sp³-hybridized carbons (Fsp3) is 0.455. The predicted octanol–water partition coefficient (Wildman–Crippen LogP) is 4.62. The standard InChI is InChI=1S/C11H14BrCl/c1-11(2,3)9-6-4-5-8(7-9)10(12)13/h4-7,10H,1-3H3. The molecule has 0 bridgehead atoms. The average molecular weight is 262 g/mol. The summed E-state index contributed by atoms with van der Waals surface area (Å²) in [5.41, 5.74) is 2.62. The number of benzene rings is 1. The highest BCUT2D eigenvalue weighted by Crippen LogP contribution is 2.30. The molecule has 0 fully saturated rings. The Hall–Kier alpha value is -0.0100. The van der Waals surface area contributed by atoms with Crippen LogP contribution >= 0.6 is 27.5 Å². The molecule has 0 radical (unpaired) electrons. The van der Waals surface area contributed by atoms with E-state index >= 15 is 0 Å². The minimum Gasteiger partial charge on any atom is -0.105 e. The number of hydrogen-bond donors (Lipinski definition) is 0. The summed E-state index contributed by atoms with van der Waals surface area (Å²) in [5.74, 6) is 0. The molecule has 1 aromatic carbocycles. The van der Waals surface area contributed by atoms with Crippen LogP contribution in [0.1, 0.15) is 36.2 Å². The fourth-order valence-electron chi connectivity index (χ4n) is 1.14. The maximum atomic E-state index is 5.94. The normalized spacial score (nSPS) is 14.2. The minimum atomic E-state index is -0.0881. The van der Waals surface area contributed by atoms with Crippen molar-refractivity contribution in [3.05, 3.63) is 35.4 Å². The lowest BCUT2D eigenvalue weighted by molar-refractivity contribution is 0.589. The number of hydrogen-bond acceptors (Lipinski definition) is 0. The maximum absolute atomic E-state index is 5.94. The van der Waals surface area contributed by atoms with E-state index in [9.17, 15) is 0 Å². The smallest absolute Gasteiger partial charge is 0.105 e. The summed E-state index contributed by atoms with van der Waals surface area (Å²) in [7, 11) is 0. The molecular formula is C11H14BrCl. The zero-order valence-corrected chi connectivity index (χ0v) is 10.5. The third-order valence-electron chi connectivity index (χ3n) is 2.00. The van der Waals surface area contributed by atoms with Crippen molar-refractivity contribution in [2.75, 3.05) is 0 Å². The van der Waals surface area contributed by atoms with Crippen molar-refractivity contribution in [1.29, 1.82) is 0 Å². The number of rotatable bonds is 1. The molecule has 1 aromatic rings. The molecule has 0 spiro atoms. The van der Waals surface area contributed by atoms with Gasteiger partial charge in [-0.1, -0.05) is 61.0 Å². The average Bonchev–Trinajstić information content (AvgIpc) is 2.03. The Morgan fingerprint density at radius 1 is 1.31 bits per heavy atom. The lowest BCUT2D eigenvalue weighted by atomic mass is 9.86. The van der Waals surface area contributed by atoms with Crippen molar-refractivity contribution < 1.29 is 0 Å². The van der Waals surface area contributed by atoms with Gasteiger partial charge in [-0.05, 0) is 16.5 Å². The van der Waals surface area contributed by atoms with Gasteiger partial charge < -0.3 is 0 Å². The highest BCUT2D eigenvalue weighted by molar-refractivity contribution is 9.09. The summed E-state index contributed by atoms with van der Waals surface area (Å²) in [4.78, 5) is 0. The van der Waals surface area contributed by atoms with Crippen LogP contribution in [-0.2, 0) is 5.41 Å². The molecule has 0 amide bonds. The first kappa shape index (κ1) is 11.1. The first-order chi connectivity index (χ1) is 5.91. The Morgan fingerprint density at radius 3 is 2.38 bits per heavy atom. The Balaban J connectivity index is 3.06. The number of halogens is 2. The van der Waals surface area contributed by atoms with Crippen LogP contribution in [0, 0.1) is 0 Å². The molecule has 1 rings (SSSR count). The van der Waals surface area contributed by atoms with Crippen molar-refractivity contribution in [2.45, 2.75) is 30.5 Å². The Bertz CT molecular complexity index is 286. The maximum Gasteiger partial charge on any atom is 0.113 e. The van der Waals surface area contributed by atoms with Crippen LogP contribution in [0.25, 0.3) is 0 Å². The Labute approximate surface area is 93.4 Å². The van der Waals surface area contributed by atoms with Gasteiger partial charge in [0.2, 0.25) is 0 Å². The second-order valence-corrected chi connectivity index (χ2v) is 6.06. The largest absolute Gasteiger partial charge is 0.113 e. The quantitative estimate of drug-likeness (QED) is 0.647. The monoisotopic (exact) mass is 260 g/mol. The van der Waals surface area contributed by atoms with Crippen LogP contribution in [0.3, 0.4) is 0 Å². The lowest BCUT2D eigenvalue weighted by Gasteiger charge is -2.19. The highest BCUT2D eigenvalue weighted by Gasteiger charge is 2.14. The molecule has 0 aliphatic heterocycles. The molecule has 0 aromatic heterocycles. The van der Waals surface area contributed by atoms with E-state index in [0.717, 1.165) is 5.56 Å². The molecular weight excluding hydrogens is 247 g/mol. The second-order valence-electron chi connectivity index (χ2n) is 4.18. The van der Waals surface area contributed by atoms with Crippen LogP contribution in [0.5, 0.6) is 0 Å². The van der Waals surface area contributed by atoms with Crippen molar-refractivity contribution in [1.82, 2.24) is 0 Å². The summed E-state index contributed by atoms with van der Waals surface area (Å²) in [6, 6.07) is 8.36. The molecule has 1 atom stereocenters. The SMILES string of the molecule is CC(C)(C)c1cccc(C(Cl)Br)c1. The number of alkyl halides is 2. The van der Waals surface area contributed by atoms with Crippen molar-refractivity contribution in [3.8, 4) is 0 Å². The molecule has 0 saturated carbocycles. The second kappa shape index (κ2) is 4.02. The molecule has 0 N–H and O–H groups in total. The van der Waals surface area contributed by atoms with Crippen LogP contribution in [0.4, 0.5) is 0 Å². The lowest BCUT2D eigenvalue weighted by Crippen LogP contribution is -2.11. The van der Waals surface area contributed by atoms with Crippen molar-refractivity contribution in [3.63, 3.8) is 0 Å². The summed E-state index contributed by atoms with van der Waals surface area (Å²) in [6.07, 6.45) is 0. The van der Waals surface area contributed by atoms with Gasteiger partial charge in [0.15, 0.2) is 0 Å². The molecule has 2 heteroatoms. The Kier molecular flexibility index (Phi) is 3.42. The topological polar surface area (TPSA) is 0 Å². The first-order valence-corrected chi connectivity index (χ1v) is 5.65. The van der Waals surface area contributed by atoms with Gasteiger partial charge in [0, 0.05) is 0 Å².